The molecule has 2 rings (SSSR count). The highest BCUT2D eigenvalue weighted by Crippen LogP contribution is 2.35. The lowest BCUT2D eigenvalue weighted by Crippen LogP contribution is -2.59. The Balaban J connectivity index is 0.00000312. The van der Waals surface area contributed by atoms with Gasteiger partial charge in [0.25, 0.3) is 0 Å². The summed E-state index contributed by atoms with van der Waals surface area (Å²) in [4.78, 5) is 14.9. The van der Waals surface area contributed by atoms with E-state index in [1.165, 1.54) is 44.8 Å². The van der Waals surface area contributed by atoms with Crippen LogP contribution in [0.15, 0.2) is 0 Å². The first-order chi connectivity index (χ1) is 11.3. The third-order valence-electron chi connectivity index (χ3n) is 5.54. The van der Waals surface area contributed by atoms with Crippen LogP contribution in [0.3, 0.4) is 0 Å². The third kappa shape index (κ3) is 7.04. The lowest BCUT2D eigenvalue weighted by molar-refractivity contribution is -0.123. The van der Waals surface area contributed by atoms with Gasteiger partial charge in [-0.25, -0.2) is 8.42 Å². The predicted molar refractivity (Wildman–Crippen MR) is 104 cm³/mol. The Hall–Kier alpha value is -0.370. The molecule has 8 heteroatoms. The first kappa shape index (κ1) is 22.7. The Morgan fingerprint density at radius 2 is 1.68 bits per heavy atom. The summed E-state index contributed by atoms with van der Waals surface area (Å²) in [5.74, 6) is -0.264. The van der Waals surface area contributed by atoms with E-state index in [0.29, 0.717) is 6.54 Å². The molecule has 0 radical (unpaired) electrons. The highest BCUT2D eigenvalue weighted by atomic mass is 35.5. The average Bonchev–Trinajstić information content (AvgIpc) is 2.58. The normalized spacial score (nSPS) is 22.6. The Morgan fingerprint density at radius 1 is 1.12 bits per heavy atom. The van der Waals surface area contributed by atoms with Crippen LogP contribution in [0.25, 0.3) is 0 Å². The van der Waals surface area contributed by atoms with E-state index in [2.05, 4.69) is 10.2 Å². The van der Waals surface area contributed by atoms with E-state index in [1.54, 1.807) is 0 Å². The Labute approximate surface area is 158 Å². The number of piperidine rings is 1. The smallest absolute Gasteiger partial charge is 0.237 e. The van der Waals surface area contributed by atoms with Crippen molar-refractivity contribution >= 4 is 28.2 Å². The van der Waals surface area contributed by atoms with E-state index in [-0.39, 0.29) is 36.0 Å². The fourth-order valence-electron chi connectivity index (χ4n) is 4.04. The van der Waals surface area contributed by atoms with E-state index in [4.69, 9.17) is 5.73 Å². The molecule has 1 heterocycles. The van der Waals surface area contributed by atoms with Crippen LogP contribution in [0.4, 0.5) is 0 Å². The molecule has 25 heavy (non-hydrogen) atoms. The zero-order valence-electron chi connectivity index (χ0n) is 15.3. The highest BCUT2D eigenvalue weighted by Gasteiger charge is 2.38. The minimum Gasteiger partial charge on any atom is -0.353 e. The minimum absolute atomic E-state index is 0. The molecular formula is C17H34ClN3O3S. The summed E-state index contributed by atoms with van der Waals surface area (Å²) in [6.07, 6.45) is 11.1. The van der Waals surface area contributed by atoms with Gasteiger partial charge in [-0.15, -0.1) is 12.4 Å². The van der Waals surface area contributed by atoms with Crippen LogP contribution >= 0.6 is 12.4 Å². The van der Waals surface area contributed by atoms with Gasteiger partial charge in [-0.3, -0.25) is 9.69 Å². The van der Waals surface area contributed by atoms with Crippen molar-refractivity contribution in [2.75, 3.05) is 31.6 Å². The Bertz CT molecular complexity index is 515. The second-order valence-corrected chi connectivity index (χ2v) is 9.84. The summed E-state index contributed by atoms with van der Waals surface area (Å²) in [5, 5.41) is 3.03. The molecule has 0 aromatic carbocycles. The summed E-state index contributed by atoms with van der Waals surface area (Å²) in [6.45, 7) is 2.88. The molecule has 0 aromatic heterocycles. The van der Waals surface area contributed by atoms with Crippen LogP contribution < -0.4 is 11.1 Å². The number of hydrogen-bond acceptors (Lipinski definition) is 5. The van der Waals surface area contributed by atoms with Crippen molar-refractivity contribution in [3.8, 4) is 0 Å². The summed E-state index contributed by atoms with van der Waals surface area (Å²) in [5.41, 5.74) is 5.95. The van der Waals surface area contributed by atoms with Crippen LogP contribution in [0, 0.1) is 0 Å². The summed E-state index contributed by atoms with van der Waals surface area (Å²) in [6, 6.07) is -0.748. The molecular weight excluding hydrogens is 362 g/mol. The number of nitrogens with two attached hydrogens (primary N) is 1. The van der Waals surface area contributed by atoms with Gasteiger partial charge in [-0.2, -0.15) is 0 Å². The van der Waals surface area contributed by atoms with Gasteiger partial charge in [0, 0.05) is 18.3 Å². The van der Waals surface area contributed by atoms with Crippen LogP contribution in [-0.2, 0) is 14.6 Å². The molecule has 1 atom stereocenters. The molecule has 1 aliphatic heterocycles. The second-order valence-electron chi connectivity index (χ2n) is 7.58. The minimum atomic E-state index is -3.09. The predicted octanol–water partition coefficient (Wildman–Crippen LogP) is 1.48. The maximum Gasteiger partial charge on any atom is 0.237 e. The van der Waals surface area contributed by atoms with Crippen molar-refractivity contribution < 1.29 is 13.2 Å². The van der Waals surface area contributed by atoms with Gasteiger partial charge in [0.1, 0.15) is 9.84 Å². The molecule has 1 unspecified atom stereocenters. The van der Waals surface area contributed by atoms with Crippen LogP contribution in [-0.4, -0.2) is 62.4 Å². The third-order valence-corrected chi connectivity index (χ3v) is 6.52. The van der Waals surface area contributed by atoms with Crippen LogP contribution in [0.1, 0.15) is 57.8 Å². The molecule has 6 nitrogen and oxygen atoms in total. The topological polar surface area (TPSA) is 92.5 Å². The van der Waals surface area contributed by atoms with Gasteiger partial charge in [0.05, 0.1) is 11.8 Å². The zero-order chi connectivity index (χ0) is 17.6. The Kier molecular flexibility index (Phi) is 9.15. The zero-order valence-corrected chi connectivity index (χ0v) is 17.0. The van der Waals surface area contributed by atoms with E-state index in [1.807, 2.05) is 0 Å². The van der Waals surface area contributed by atoms with Gasteiger partial charge in [-0.1, -0.05) is 25.7 Å². The number of nitrogens with one attached hydrogen (secondary N) is 1. The number of carbonyl (C=O) groups excluding carboxylic acids is 1. The van der Waals surface area contributed by atoms with E-state index in [9.17, 15) is 13.2 Å². The molecule has 1 saturated heterocycles. The Morgan fingerprint density at radius 3 is 2.24 bits per heavy atom. The standard InChI is InChI=1S/C17H33N3O3S.ClH/c1-24(22,23)13-8-15(18)16(21)19-14-17(9-4-2-5-10-17)20-11-6-3-7-12-20;/h15H,2-14,18H2,1H3,(H,19,21);1H. The van der Waals surface area contributed by atoms with Crippen molar-refractivity contribution in [3.05, 3.63) is 0 Å². The van der Waals surface area contributed by atoms with Crippen molar-refractivity contribution in [1.82, 2.24) is 10.2 Å². The van der Waals surface area contributed by atoms with Crippen molar-refractivity contribution in [3.63, 3.8) is 0 Å². The van der Waals surface area contributed by atoms with Gasteiger partial charge in [-0.05, 0) is 45.2 Å². The van der Waals surface area contributed by atoms with Crippen molar-refractivity contribution in [2.45, 2.75) is 69.4 Å². The van der Waals surface area contributed by atoms with Gasteiger partial charge < -0.3 is 11.1 Å². The molecule has 2 aliphatic rings. The van der Waals surface area contributed by atoms with E-state index >= 15 is 0 Å². The molecule has 1 aliphatic carbocycles. The summed E-state index contributed by atoms with van der Waals surface area (Å²) >= 11 is 0. The quantitative estimate of drug-likeness (QED) is 0.681. The second kappa shape index (κ2) is 10.1. The molecule has 0 bridgehead atoms. The molecule has 0 aromatic rings. The first-order valence-corrected chi connectivity index (χ1v) is 11.3. The van der Waals surface area contributed by atoms with Gasteiger partial charge >= 0.3 is 0 Å². The molecule has 1 saturated carbocycles. The SMILES string of the molecule is CS(=O)(=O)CCC(N)C(=O)NCC1(N2CCCCC2)CCCCC1.Cl. The summed E-state index contributed by atoms with van der Waals surface area (Å²) < 4.78 is 22.5. The molecule has 2 fully saturated rings. The summed E-state index contributed by atoms with van der Waals surface area (Å²) in [7, 11) is -3.09. The van der Waals surface area contributed by atoms with E-state index in [0.717, 1.165) is 25.9 Å². The molecule has 148 valence electrons. The number of likely N-dealkylation sites (tertiary alicyclic amines) is 1. The maximum absolute atomic E-state index is 12.3. The van der Waals surface area contributed by atoms with Crippen LogP contribution in [0.2, 0.25) is 0 Å². The highest BCUT2D eigenvalue weighted by molar-refractivity contribution is 7.90. The van der Waals surface area contributed by atoms with Gasteiger partial charge in [0.2, 0.25) is 5.91 Å². The first-order valence-electron chi connectivity index (χ1n) is 9.28. The number of carbonyl (C=O) groups is 1. The van der Waals surface area contributed by atoms with Crippen LogP contribution in [0.5, 0.6) is 0 Å². The fourth-order valence-corrected chi connectivity index (χ4v) is 4.72. The van der Waals surface area contributed by atoms with E-state index < -0.39 is 15.9 Å². The number of rotatable bonds is 7. The maximum atomic E-state index is 12.3. The largest absolute Gasteiger partial charge is 0.353 e. The number of hydrogen-bond donors (Lipinski definition) is 2. The molecule has 3 N–H and O–H groups in total. The number of halogens is 1. The fraction of sp³-hybridized carbons (Fsp3) is 0.941. The van der Waals surface area contributed by atoms with Gasteiger partial charge in [0.15, 0.2) is 0 Å². The number of sulfone groups is 1. The molecule has 1 amide bonds. The van der Waals surface area contributed by atoms with Crippen molar-refractivity contribution in [2.24, 2.45) is 5.73 Å². The average molecular weight is 396 g/mol. The molecule has 0 spiro atoms. The monoisotopic (exact) mass is 395 g/mol. The lowest BCUT2D eigenvalue weighted by atomic mass is 9.79. The number of amides is 1. The van der Waals surface area contributed by atoms with Crippen molar-refractivity contribution in [1.29, 1.82) is 0 Å². The number of nitrogens with zero attached hydrogens (tertiary/aromatic N) is 1. The lowest BCUT2D eigenvalue weighted by Gasteiger charge is -2.48.